The minimum atomic E-state index is -1.17. The molecule has 0 aliphatic heterocycles. The van der Waals surface area contributed by atoms with Crippen LogP contribution >= 0.6 is 22.9 Å². The molecule has 4 nitrogen and oxygen atoms in total. The molecule has 0 bridgehead atoms. The number of fused-ring (bicyclic) bond motifs is 1. The Hall–Kier alpha value is -1.15. The maximum atomic E-state index is 13.0. The Morgan fingerprint density at radius 3 is 2.88 bits per heavy atom. The van der Waals surface area contributed by atoms with E-state index in [1.807, 2.05) is 24.3 Å². The van der Waals surface area contributed by atoms with E-state index in [4.69, 9.17) is 5.11 Å². The highest BCUT2D eigenvalue weighted by molar-refractivity contribution is 14.1. The monoisotopic (exact) mass is 348 g/mol. The zero-order valence-electron chi connectivity index (χ0n) is 8.73. The number of hydrogen-bond donors (Lipinski definition) is 2. The number of benzene rings is 1. The standard InChI is InChI=1S/C11H10FIN2O2/c12-15(13)10(11(16)17)5-7-6-14-9-4-2-1-3-8(7)9/h1-4,6,10,14H,5H2,(H,16,17)/t10-/m0/s1. The average Bonchev–Trinajstić information content (AvgIpc) is 2.68. The maximum Gasteiger partial charge on any atom is 0.324 e. The zero-order chi connectivity index (χ0) is 12.4. The number of carboxylic acids is 1. The molecule has 0 spiro atoms. The van der Waals surface area contributed by atoms with Crippen LogP contribution in [0.5, 0.6) is 0 Å². The Morgan fingerprint density at radius 1 is 1.53 bits per heavy atom. The summed E-state index contributed by atoms with van der Waals surface area (Å²) in [6.07, 6.45) is 1.85. The third-order valence-electron chi connectivity index (χ3n) is 2.61. The lowest BCUT2D eigenvalue weighted by molar-refractivity contribution is -0.143. The van der Waals surface area contributed by atoms with Crippen molar-refractivity contribution in [2.45, 2.75) is 12.5 Å². The van der Waals surface area contributed by atoms with Gasteiger partial charge in [0.25, 0.3) is 0 Å². The smallest absolute Gasteiger partial charge is 0.324 e. The van der Waals surface area contributed by atoms with E-state index in [2.05, 4.69) is 4.98 Å². The number of halogens is 2. The predicted molar refractivity (Wildman–Crippen MR) is 70.4 cm³/mol. The van der Waals surface area contributed by atoms with Crippen LogP contribution in [0.25, 0.3) is 10.9 Å². The Bertz CT molecular complexity index is 541. The van der Waals surface area contributed by atoms with Crippen molar-refractivity contribution in [2.24, 2.45) is 0 Å². The van der Waals surface area contributed by atoms with Crippen LogP contribution in [0.2, 0.25) is 0 Å². The van der Waals surface area contributed by atoms with Gasteiger partial charge >= 0.3 is 5.97 Å². The fourth-order valence-electron chi connectivity index (χ4n) is 1.75. The van der Waals surface area contributed by atoms with Crippen LogP contribution in [0.15, 0.2) is 30.5 Å². The van der Waals surface area contributed by atoms with Gasteiger partial charge < -0.3 is 10.1 Å². The number of nitrogens with one attached hydrogen (secondary N) is 1. The maximum absolute atomic E-state index is 13.0. The Morgan fingerprint density at radius 2 is 2.24 bits per heavy atom. The molecule has 0 amide bonds. The van der Waals surface area contributed by atoms with Gasteiger partial charge in [-0.05, 0) is 11.6 Å². The number of aromatic nitrogens is 1. The Balaban J connectivity index is 2.31. The number of carbonyl (C=O) groups is 1. The van der Waals surface area contributed by atoms with E-state index >= 15 is 0 Å². The molecular weight excluding hydrogens is 338 g/mol. The Labute approximate surface area is 111 Å². The van der Waals surface area contributed by atoms with Gasteiger partial charge in [0.05, 0.1) is 22.9 Å². The molecule has 1 aromatic heterocycles. The van der Waals surface area contributed by atoms with Gasteiger partial charge in [0, 0.05) is 23.5 Å². The van der Waals surface area contributed by atoms with Crippen molar-refractivity contribution in [3.8, 4) is 0 Å². The van der Waals surface area contributed by atoms with E-state index in [1.165, 1.54) is 22.9 Å². The van der Waals surface area contributed by atoms with Crippen molar-refractivity contribution < 1.29 is 14.4 Å². The van der Waals surface area contributed by atoms with E-state index in [0.717, 1.165) is 16.5 Å². The first-order valence-electron chi connectivity index (χ1n) is 4.98. The lowest BCUT2D eigenvalue weighted by atomic mass is 10.1. The lowest BCUT2D eigenvalue weighted by Crippen LogP contribution is -2.31. The van der Waals surface area contributed by atoms with E-state index in [1.54, 1.807) is 6.20 Å². The fraction of sp³-hybridized carbons (Fsp3) is 0.182. The molecule has 0 aliphatic carbocycles. The highest BCUT2D eigenvalue weighted by Crippen LogP contribution is 2.21. The predicted octanol–water partition coefficient (Wildman–Crippen LogP) is 2.70. The van der Waals surface area contributed by atoms with Gasteiger partial charge in [-0.15, -0.1) is 4.48 Å². The molecule has 1 aromatic carbocycles. The summed E-state index contributed by atoms with van der Waals surface area (Å²) >= 11 is 1.34. The summed E-state index contributed by atoms with van der Waals surface area (Å²) in [7, 11) is 0. The molecule has 90 valence electrons. The van der Waals surface area contributed by atoms with Crippen molar-refractivity contribution in [1.82, 2.24) is 8.32 Å². The summed E-state index contributed by atoms with van der Waals surface area (Å²) in [6, 6.07) is 6.36. The third kappa shape index (κ3) is 2.58. The summed E-state index contributed by atoms with van der Waals surface area (Å²) in [6.45, 7) is 0. The molecule has 0 saturated carbocycles. The lowest BCUT2D eigenvalue weighted by Gasteiger charge is -2.13. The van der Waals surface area contributed by atoms with Crippen molar-refractivity contribution in [3.63, 3.8) is 0 Å². The molecule has 0 aliphatic rings. The molecule has 0 unspecified atom stereocenters. The number of aromatic amines is 1. The van der Waals surface area contributed by atoms with E-state index in [-0.39, 0.29) is 9.76 Å². The van der Waals surface area contributed by atoms with Crippen molar-refractivity contribution >= 4 is 39.7 Å². The number of hydrogen-bond acceptors (Lipinski definition) is 2. The summed E-state index contributed by atoms with van der Waals surface area (Å²) in [4.78, 5) is 13.9. The van der Waals surface area contributed by atoms with Crippen LogP contribution in [0, 0.1) is 0 Å². The molecule has 17 heavy (non-hydrogen) atoms. The Kier molecular flexibility index (Phi) is 3.63. The number of aliphatic carboxylic acids is 1. The largest absolute Gasteiger partial charge is 0.480 e. The van der Waals surface area contributed by atoms with Crippen molar-refractivity contribution in [1.29, 1.82) is 0 Å². The van der Waals surface area contributed by atoms with Gasteiger partial charge in [-0.25, -0.2) is 0 Å². The first-order valence-corrected chi connectivity index (χ1v) is 5.94. The van der Waals surface area contributed by atoms with Gasteiger partial charge in [0.15, 0.2) is 6.04 Å². The molecular formula is C11H10FIN2O2. The molecule has 0 saturated heterocycles. The molecule has 0 radical (unpaired) electrons. The van der Waals surface area contributed by atoms with Crippen LogP contribution in [-0.4, -0.2) is 25.4 Å². The minimum Gasteiger partial charge on any atom is -0.480 e. The van der Waals surface area contributed by atoms with Crippen LogP contribution < -0.4 is 0 Å². The number of nitrogens with zero attached hydrogens (tertiary/aromatic N) is 1. The van der Waals surface area contributed by atoms with E-state index in [9.17, 15) is 9.28 Å². The van der Waals surface area contributed by atoms with Crippen LogP contribution in [0.3, 0.4) is 0 Å². The van der Waals surface area contributed by atoms with Gasteiger partial charge in [-0.1, -0.05) is 21.5 Å². The molecule has 6 heteroatoms. The van der Waals surface area contributed by atoms with Crippen LogP contribution in [0.4, 0.5) is 4.48 Å². The summed E-state index contributed by atoms with van der Waals surface area (Å²) in [5.74, 6) is -1.17. The second kappa shape index (κ2) is 5.01. The molecule has 1 atom stereocenters. The van der Waals surface area contributed by atoms with Gasteiger partial charge in [-0.3, -0.25) is 4.79 Å². The highest BCUT2D eigenvalue weighted by Gasteiger charge is 2.25. The summed E-state index contributed by atoms with van der Waals surface area (Å²) in [5.41, 5.74) is 1.72. The van der Waals surface area contributed by atoms with Gasteiger partial charge in [-0.2, -0.15) is 0 Å². The fourth-order valence-corrected chi connectivity index (χ4v) is 2.18. The number of H-pyrrole nitrogens is 1. The topological polar surface area (TPSA) is 56.3 Å². The first kappa shape index (κ1) is 12.3. The average molecular weight is 348 g/mol. The molecule has 1 heterocycles. The number of carboxylic acid groups (broad SMARTS) is 1. The van der Waals surface area contributed by atoms with Crippen LogP contribution in [0.1, 0.15) is 5.56 Å². The number of rotatable bonds is 4. The molecule has 2 rings (SSSR count). The molecule has 0 fully saturated rings. The summed E-state index contributed by atoms with van der Waals surface area (Å²) in [5, 5.41) is 9.85. The van der Waals surface area contributed by atoms with Gasteiger partial charge in [0.2, 0.25) is 0 Å². The zero-order valence-corrected chi connectivity index (χ0v) is 10.9. The molecule has 2 aromatic rings. The normalized spacial score (nSPS) is 13.1. The second-order valence-corrected chi connectivity index (χ2v) is 4.60. The SMILES string of the molecule is O=C(O)[C@H](Cc1c[nH]c2ccccc12)N(F)I. The van der Waals surface area contributed by atoms with Crippen molar-refractivity contribution in [2.75, 3.05) is 0 Å². The third-order valence-corrected chi connectivity index (χ3v) is 3.28. The quantitative estimate of drug-likeness (QED) is 0.660. The molecule has 2 N–H and O–H groups in total. The first-order chi connectivity index (χ1) is 8.09. The minimum absolute atomic E-state index is 0.124. The second-order valence-electron chi connectivity index (χ2n) is 3.68. The van der Waals surface area contributed by atoms with Crippen molar-refractivity contribution in [3.05, 3.63) is 36.0 Å². The highest BCUT2D eigenvalue weighted by atomic mass is 127. The van der Waals surface area contributed by atoms with E-state index in [0.29, 0.717) is 0 Å². The summed E-state index contributed by atoms with van der Waals surface area (Å²) < 4.78 is 13.2. The van der Waals surface area contributed by atoms with Gasteiger partial charge in [0.1, 0.15) is 0 Å². The van der Waals surface area contributed by atoms with Crippen LogP contribution in [-0.2, 0) is 11.2 Å². The van der Waals surface area contributed by atoms with E-state index < -0.39 is 12.0 Å². The number of para-hydroxylation sites is 1.